The lowest BCUT2D eigenvalue weighted by molar-refractivity contribution is -0.142. The van der Waals surface area contributed by atoms with Crippen molar-refractivity contribution in [3.63, 3.8) is 0 Å². The smallest absolute Gasteiger partial charge is 0.302 e. The minimum Gasteiger partial charge on any atom is -0.466 e. The molecule has 100 valence electrons. The fourth-order valence-corrected chi connectivity index (χ4v) is 1.50. The second-order valence-corrected chi connectivity index (χ2v) is 4.75. The van der Waals surface area contributed by atoms with E-state index in [0.717, 1.165) is 19.3 Å². The van der Waals surface area contributed by atoms with Crippen LogP contribution in [-0.4, -0.2) is 25.2 Å². The Balaban J connectivity index is 3.48. The first kappa shape index (κ1) is 15.9. The number of hydrogen-bond donors (Lipinski definition) is 0. The van der Waals surface area contributed by atoms with Crippen molar-refractivity contribution in [1.82, 2.24) is 0 Å². The maximum atomic E-state index is 10.6. The Hall–Kier alpha value is -1.06. The maximum Gasteiger partial charge on any atom is 0.302 e. The van der Waals surface area contributed by atoms with Crippen molar-refractivity contribution in [2.24, 2.45) is 11.8 Å². The van der Waals surface area contributed by atoms with E-state index in [2.05, 4.69) is 13.8 Å². The number of carbonyl (C=O) groups is 2. The molecule has 0 amide bonds. The number of carbonyl (C=O) groups excluding carboxylic acids is 2. The highest BCUT2D eigenvalue weighted by molar-refractivity contribution is 5.66. The van der Waals surface area contributed by atoms with Crippen molar-refractivity contribution >= 4 is 11.9 Å². The van der Waals surface area contributed by atoms with Gasteiger partial charge in [0.05, 0.1) is 13.2 Å². The minimum atomic E-state index is -0.222. The maximum absolute atomic E-state index is 10.6. The molecule has 17 heavy (non-hydrogen) atoms. The molecule has 2 atom stereocenters. The highest BCUT2D eigenvalue weighted by Crippen LogP contribution is 2.13. The summed E-state index contributed by atoms with van der Waals surface area (Å²) in [5, 5.41) is 0. The minimum absolute atomic E-state index is 0.222. The van der Waals surface area contributed by atoms with Gasteiger partial charge in [-0.25, -0.2) is 0 Å². The van der Waals surface area contributed by atoms with Crippen molar-refractivity contribution in [3.8, 4) is 0 Å². The van der Waals surface area contributed by atoms with Gasteiger partial charge in [-0.05, 0) is 24.7 Å². The first-order valence-corrected chi connectivity index (χ1v) is 6.18. The summed E-state index contributed by atoms with van der Waals surface area (Å²) < 4.78 is 9.86. The molecule has 0 aliphatic heterocycles. The van der Waals surface area contributed by atoms with Crippen molar-refractivity contribution in [1.29, 1.82) is 0 Å². The first-order valence-electron chi connectivity index (χ1n) is 6.18. The largest absolute Gasteiger partial charge is 0.466 e. The molecule has 0 unspecified atom stereocenters. The van der Waals surface area contributed by atoms with Gasteiger partial charge in [-0.3, -0.25) is 9.59 Å². The molecular formula is C13H24O4. The molecule has 0 fully saturated rings. The van der Waals surface area contributed by atoms with E-state index in [-0.39, 0.29) is 11.9 Å². The van der Waals surface area contributed by atoms with Crippen LogP contribution in [0.25, 0.3) is 0 Å². The van der Waals surface area contributed by atoms with Crippen LogP contribution in [0.5, 0.6) is 0 Å². The van der Waals surface area contributed by atoms with Gasteiger partial charge in [0, 0.05) is 13.8 Å². The zero-order chi connectivity index (χ0) is 13.3. The standard InChI is InChI=1S/C13H24O4/c1-10(8-16-12(3)14)6-5-7-11(2)9-17-13(4)15/h10-11H,5-9H2,1-4H3/t10-,11+. The van der Waals surface area contributed by atoms with Crippen LogP contribution >= 0.6 is 0 Å². The van der Waals surface area contributed by atoms with Crippen LogP contribution in [0.3, 0.4) is 0 Å². The lowest BCUT2D eigenvalue weighted by Gasteiger charge is -2.14. The summed E-state index contributed by atoms with van der Waals surface area (Å²) in [6.07, 6.45) is 3.11. The van der Waals surface area contributed by atoms with Crippen molar-refractivity contribution in [2.45, 2.75) is 47.0 Å². The van der Waals surface area contributed by atoms with E-state index in [0.29, 0.717) is 25.0 Å². The molecule has 0 saturated heterocycles. The molecule has 0 N–H and O–H groups in total. The van der Waals surface area contributed by atoms with E-state index >= 15 is 0 Å². The van der Waals surface area contributed by atoms with E-state index in [4.69, 9.17) is 9.47 Å². The third kappa shape index (κ3) is 11.2. The number of hydrogen-bond acceptors (Lipinski definition) is 4. The third-order valence-electron chi connectivity index (χ3n) is 2.54. The quantitative estimate of drug-likeness (QED) is 0.616. The van der Waals surface area contributed by atoms with Crippen molar-refractivity contribution in [3.05, 3.63) is 0 Å². The Bertz CT molecular complexity index is 214. The summed E-state index contributed by atoms with van der Waals surface area (Å²) in [5.74, 6) is 0.333. The van der Waals surface area contributed by atoms with Crippen LogP contribution in [-0.2, 0) is 19.1 Å². The summed E-state index contributed by atoms with van der Waals surface area (Å²) >= 11 is 0. The van der Waals surface area contributed by atoms with Gasteiger partial charge in [0.1, 0.15) is 0 Å². The lowest BCUT2D eigenvalue weighted by Crippen LogP contribution is -2.11. The fourth-order valence-electron chi connectivity index (χ4n) is 1.50. The molecule has 0 aromatic heterocycles. The van der Waals surface area contributed by atoms with Crippen LogP contribution in [0.4, 0.5) is 0 Å². The molecule has 0 rings (SSSR count). The van der Waals surface area contributed by atoms with Crippen molar-refractivity contribution in [2.75, 3.05) is 13.2 Å². The van der Waals surface area contributed by atoms with Gasteiger partial charge in [0.15, 0.2) is 0 Å². The molecule has 0 saturated carbocycles. The SMILES string of the molecule is CC(=O)OC[C@H](C)CCC[C@H](C)COC(C)=O. The molecule has 4 heteroatoms. The number of esters is 2. The predicted molar refractivity (Wildman–Crippen MR) is 65.4 cm³/mol. The van der Waals surface area contributed by atoms with Gasteiger partial charge in [0.2, 0.25) is 0 Å². The van der Waals surface area contributed by atoms with Crippen molar-refractivity contribution < 1.29 is 19.1 Å². The zero-order valence-corrected chi connectivity index (χ0v) is 11.3. The highest BCUT2D eigenvalue weighted by Gasteiger charge is 2.08. The van der Waals surface area contributed by atoms with Gasteiger partial charge < -0.3 is 9.47 Å². The molecule has 0 aliphatic carbocycles. The normalized spacial score (nSPS) is 13.9. The van der Waals surface area contributed by atoms with Gasteiger partial charge in [-0.15, -0.1) is 0 Å². The highest BCUT2D eigenvalue weighted by atomic mass is 16.5. The lowest BCUT2D eigenvalue weighted by atomic mass is 9.99. The Labute approximate surface area is 104 Å². The molecule has 0 spiro atoms. The number of ether oxygens (including phenoxy) is 2. The molecule has 4 nitrogen and oxygen atoms in total. The van der Waals surface area contributed by atoms with Gasteiger partial charge in [0.25, 0.3) is 0 Å². The summed E-state index contributed by atoms with van der Waals surface area (Å²) in [7, 11) is 0. The molecule has 0 aromatic carbocycles. The van der Waals surface area contributed by atoms with E-state index in [9.17, 15) is 9.59 Å². The molecule has 0 radical (unpaired) electrons. The monoisotopic (exact) mass is 244 g/mol. The van der Waals surface area contributed by atoms with Crippen LogP contribution in [0.2, 0.25) is 0 Å². The molecule has 0 aromatic rings. The summed E-state index contributed by atoms with van der Waals surface area (Å²) in [5.41, 5.74) is 0. The second-order valence-electron chi connectivity index (χ2n) is 4.75. The van der Waals surface area contributed by atoms with Crippen LogP contribution < -0.4 is 0 Å². The first-order chi connectivity index (χ1) is 7.91. The van der Waals surface area contributed by atoms with Crippen LogP contribution in [0.1, 0.15) is 47.0 Å². The van der Waals surface area contributed by atoms with Gasteiger partial charge in [-0.2, -0.15) is 0 Å². The fraction of sp³-hybridized carbons (Fsp3) is 0.846. The third-order valence-corrected chi connectivity index (χ3v) is 2.54. The van der Waals surface area contributed by atoms with Gasteiger partial charge in [-0.1, -0.05) is 20.3 Å². The zero-order valence-electron chi connectivity index (χ0n) is 11.3. The summed E-state index contributed by atoms with van der Waals surface area (Å²) in [6, 6.07) is 0. The Morgan fingerprint density at radius 3 is 1.53 bits per heavy atom. The van der Waals surface area contributed by atoms with Crippen LogP contribution in [0, 0.1) is 11.8 Å². The average Bonchev–Trinajstić information content (AvgIpc) is 2.23. The Morgan fingerprint density at radius 1 is 0.882 bits per heavy atom. The van der Waals surface area contributed by atoms with E-state index in [1.165, 1.54) is 13.8 Å². The second kappa shape index (κ2) is 9.02. The van der Waals surface area contributed by atoms with E-state index < -0.39 is 0 Å². The molecule has 0 aliphatic rings. The van der Waals surface area contributed by atoms with Crippen LogP contribution in [0.15, 0.2) is 0 Å². The van der Waals surface area contributed by atoms with E-state index in [1.807, 2.05) is 0 Å². The number of rotatable bonds is 8. The Morgan fingerprint density at radius 2 is 1.24 bits per heavy atom. The summed E-state index contributed by atoms with van der Waals surface area (Å²) in [6.45, 7) is 7.97. The molecule has 0 heterocycles. The summed E-state index contributed by atoms with van der Waals surface area (Å²) in [4.78, 5) is 21.2. The van der Waals surface area contributed by atoms with Gasteiger partial charge >= 0.3 is 11.9 Å². The topological polar surface area (TPSA) is 52.6 Å². The molecule has 0 bridgehead atoms. The average molecular weight is 244 g/mol. The predicted octanol–water partition coefficient (Wildman–Crippen LogP) is 2.56. The Kier molecular flexibility index (Phi) is 8.46. The molecular weight excluding hydrogens is 220 g/mol. The van der Waals surface area contributed by atoms with E-state index in [1.54, 1.807) is 0 Å².